The largest absolute Gasteiger partial charge is 0.315 e. The molecule has 5 heteroatoms. The van der Waals surface area contributed by atoms with Gasteiger partial charge >= 0.3 is 0 Å². The van der Waals surface area contributed by atoms with Crippen LogP contribution in [-0.4, -0.2) is 5.78 Å². The molecule has 0 aromatic heterocycles. The van der Waals surface area contributed by atoms with Gasteiger partial charge in [-0.3, -0.25) is 4.79 Å². The Bertz CT molecular complexity index is 653. The van der Waals surface area contributed by atoms with Crippen LogP contribution in [0.5, 0.6) is 0 Å². The van der Waals surface area contributed by atoms with E-state index in [9.17, 15) is 9.18 Å². The Labute approximate surface area is 126 Å². The van der Waals surface area contributed by atoms with Gasteiger partial charge in [0.1, 0.15) is 11.4 Å². The SMILES string of the molecule is CC(N)(C(=O)c1ccc(Cl)c(F)c1)c1ccc(Cl)cc1. The van der Waals surface area contributed by atoms with Crippen LogP contribution in [0, 0.1) is 5.82 Å². The highest BCUT2D eigenvalue weighted by Crippen LogP contribution is 2.26. The molecule has 2 aromatic rings. The van der Waals surface area contributed by atoms with Crippen molar-refractivity contribution in [1.29, 1.82) is 0 Å². The summed E-state index contributed by atoms with van der Waals surface area (Å²) in [5.74, 6) is -1.04. The summed E-state index contributed by atoms with van der Waals surface area (Å²) in [6.07, 6.45) is 0. The molecular formula is C15H12Cl2FNO. The molecule has 0 bridgehead atoms. The first-order chi connectivity index (χ1) is 9.32. The van der Waals surface area contributed by atoms with Crippen LogP contribution in [0.15, 0.2) is 42.5 Å². The number of carbonyl (C=O) groups is 1. The Morgan fingerprint density at radius 2 is 1.75 bits per heavy atom. The molecule has 0 heterocycles. The number of benzene rings is 2. The Hall–Kier alpha value is -1.42. The van der Waals surface area contributed by atoms with Crippen LogP contribution in [0.3, 0.4) is 0 Å². The fourth-order valence-corrected chi connectivity index (χ4v) is 2.11. The number of hydrogen-bond acceptors (Lipinski definition) is 2. The van der Waals surface area contributed by atoms with Gasteiger partial charge < -0.3 is 5.73 Å². The normalized spacial score (nSPS) is 13.8. The monoisotopic (exact) mass is 311 g/mol. The smallest absolute Gasteiger partial charge is 0.186 e. The fraction of sp³-hybridized carbons (Fsp3) is 0.133. The van der Waals surface area contributed by atoms with Crippen molar-refractivity contribution in [3.05, 3.63) is 69.5 Å². The summed E-state index contributed by atoms with van der Waals surface area (Å²) < 4.78 is 13.4. The first-order valence-corrected chi connectivity index (χ1v) is 6.63. The van der Waals surface area contributed by atoms with E-state index in [2.05, 4.69) is 0 Å². The van der Waals surface area contributed by atoms with Gasteiger partial charge in [0.2, 0.25) is 0 Å². The van der Waals surface area contributed by atoms with Crippen molar-refractivity contribution in [2.45, 2.75) is 12.5 Å². The standard InChI is InChI=1S/C15H12Cl2FNO/c1-15(19,10-3-5-11(16)6-4-10)14(20)9-2-7-12(17)13(18)8-9/h2-8H,19H2,1H3. The molecule has 0 aliphatic carbocycles. The van der Waals surface area contributed by atoms with Gasteiger partial charge in [-0.05, 0) is 42.8 Å². The van der Waals surface area contributed by atoms with Crippen LogP contribution in [0.25, 0.3) is 0 Å². The molecule has 0 amide bonds. The highest BCUT2D eigenvalue weighted by atomic mass is 35.5. The molecule has 104 valence electrons. The molecule has 2 N–H and O–H groups in total. The fourth-order valence-electron chi connectivity index (χ4n) is 1.86. The highest BCUT2D eigenvalue weighted by molar-refractivity contribution is 6.31. The lowest BCUT2D eigenvalue weighted by Crippen LogP contribution is -2.41. The van der Waals surface area contributed by atoms with Crippen LogP contribution in [0.4, 0.5) is 4.39 Å². The first-order valence-electron chi connectivity index (χ1n) is 5.87. The lowest BCUT2D eigenvalue weighted by Gasteiger charge is -2.24. The minimum Gasteiger partial charge on any atom is -0.315 e. The summed E-state index contributed by atoms with van der Waals surface area (Å²) in [5, 5.41) is 0.515. The quantitative estimate of drug-likeness (QED) is 0.864. The van der Waals surface area contributed by atoms with Crippen molar-refractivity contribution >= 4 is 29.0 Å². The summed E-state index contributed by atoms with van der Waals surface area (Å²) in [6.45, 7) is 1.57. The average molecular weight is 312 g/mol. The van der Waals surface area contributed by atoms with Crippen molar-refractivity contribution in [3.8, 4) is 0 Å². The molecule has 0 spiro atoms. The molecule has 0 aliphatic rings. The van der Waals surface area contributed by atoms with E-state index < -0.39 is 17.1 Å². The third-order valence-corrected chi connectivity index (χ3v) is 3.66. The molecule has 2 rings (SSSR count). The van der Waals surface area contributed by atoms with Crippen molar-refractivity contribution < 1.29 is 9.18 Å². The highest BCUT2D eigenvalue weighted by Gasteiger charge is 2.31. The van der Waals surface area contributed by atoms with Crippen molar-refractivity contribution in [3.63, 3.8) is 0 Å². The van der Waals surface area contributed by atoms with Gasteiger partial charge in [0.25, 0.3) is 0 Å². The van der Waals surface area contributed by atoms with Crippen molar-refractivity contribution in [2.75, 3.05) is 0 Å². The minimum atomic E-state index is -1.27. The van der Waals surface area contributed by atoms with E-state index in [4.69, 9.17) is 28.9 Å². The van der Waals surface area contributed by atoms with Gasteiger partial charge in [0.05, 0.1) is 5.02 Å². The second-order valence-corrected chi connectivity index (χ2v) is 5.51. The number of ketones is 1. The molecule has 20 heavy (non-hydrogen) atoms. The van der Waals surface area contributed by atoms with E-state index in [0.29, 0.717) is 10.6 Å². The lowest BCUT2D eigenvalue weighted by molar-refractivity contribution is 0.0899. The number of Topliss-reactive ketones (excluding diaryl/α,β-unsaturated/α-hetero) is 1. The second kappa shape index (κ2) is 5.52. The Morgan fingerprint density at radius 3 is 2.30 bits per heavy atom. The van der Waals surface area contributed by atoms with Crippen LogP contribution in [-0.2, 0) is 5.54 Å². The average Bonchev–Trinajstić information content (AvgIpc) is 2.41. The first kappa shape index (κ1) is 15.0. The van der Waals surface area contributed by atoms with E-state index in [0.717, 1.165) is 6.07 Å². The molecule has 1 atom stereocenters. The predicted octanol–water partition coefficient (Wildman–Crippen LogP) is 4.19. The van der Waals surface area contributed by atoms with Crippen LogP contribution in [0.1, 0.15) is 22.8 Å². The van der Waals surface area contributed by atoms with E-state index in [1.807, 2.05) is 0 Å². The summed E-state index contributed by atoms with van der Waals surface area (Å²) in [4.78, 5) is 12.4. The summed E-state index contributed by atoms with van der Waals surface area (Å²) in [6, 6.07) is 10.5. The van der Waals surface area contributed by atoms with Gasteiger partial charge in [0.15, 0.2) is 5.78 Å². The van der Waals surface area contributed by atoms with E-state index in [1.165, 1.54) is 12.1 Å². The zero-order chi connectivity index (χ0) is 14.9. The summed E-state index contributed by atoms with van der Waals surface area (Å²) in [5.41, 5.74) is 5.60. The minimum absolute atomic E-state index is 0.0354. The maximum atomic E-state index is 13.4. The van der Waals surface area contributed by atoms with Gasteiger partial charge in [-0.15, -0.1) is 0 Å². The topological polar surface area (TPSA) is 43.1 Å². The number of hydrogen-bond donors (Lipinski definition) is 1. The van der Waals surface area contributed by atoms with E-state index >= 15 is 0 Å². The number of carbonyl (C=O) groups excluding carboxylic acids is 1. The van der Waals surface area contributed by atoms with Crippen molar-refractivity contribution in [2.24, 2.45) is 5.73 Å². The molecule has 0 saturated heterocycles. The van der Waals surface area contributed by atoms with Crippen molar-refractivity contribution in [1.82, 2.24) is 0 Å². The number of nitrogens with two attached hydrogens (primary N) is 1. The molecule has 2 nitrogen and oxygen atoms in total. The second-order valence-electron chi connectivity index (χ2n) is 4.67. The molecule has 2 aromatic carbocycles. The summed E-state index contributed by atoms with van der Waals surface area (Å²) >= 11 is 11.4. The Balaban J connectivity index is 2.39. The summed E-state index contributed by atoms with van der Waals surface area (Å²) in [7, 11) is 0. The third-order valence-electron chi connectivity index (χ3n) is 3.10. The van der Waals surface area contributed by atoms with Crippen LogP contribution >= 0.6 is 23.2 Å². The number of halogens is 3. The molecule has 0 aliphatic heterocycles. The zero-order valence-corrected chi connectivity index (χ0v) is 12.2. The van der Waals surface area contributed by atoms with Gasteiger partial charge in [0, 0.05) is 10.6 Å². The van der Waals surface area contributed by atoms with E-state index in [-0.39, 0.29) is 10.6 Å². The Kier molecular flexibility index (Phi) is 4.14. The van der Waals surface area contributed by atoms with Crippen LogP contribution < -0.4 is 5.73 Å². The molecule has 1 unspecified atom stereocenters. The third kappa shape index (κ3) is 2.85. The van der Waals surface area contributed by atoms with E-state index in [1.54, 1.807) is 31.2 Å². The molecule has 0 fully saturated rings. The van der Waals surface area contributed by atoms with Gasteiger partial charge in [-0.25, -0.2) is 4.39 Å². The molecule has 0 radical (unpaired) electrons. The van der Waals surface area contributed by atoms with Gasteiger partial charge in [-0.1, -0.05) is 35.3 Å². The number of rotatable bonds is 3. The van der Waals surface area contributed by atoms with Gasteiger partial charge in [-0.2, -0.15) is 0 Å². The van der Waals surface area contributed by atoms with Crippen LogP contribution in [0.2, 0.25) is 10.0 Å². The Morgan fingerprint density at radius 1 is 1.15 bits per heavy atom. The lowest BCUT2D eigenvalue weighted by atomic mass is 9.85. The molecule has 0 saturated carbocycles. The molecular weight excluding hydrogens is 300 g/mol. The maximum Gasteiger partial charge on any atom is 0.186 e. The maximum absolute atomic E-state index is 13.4. The predicted molar refractivity (Wildman–Crippen MR) is 78.7 cm³/mol. The zero-order valence-electron chi connectivity index (χ0n) is 10.7.